The van der Waals surface area contributed by atoms with Gasteiger partial charge in [-0.05, 0) is 94.5 Å². The van der Waals surface area contributed by atoms with Crippen LogP contribution in [-0.4, -0.2) is 49.7 Å². The molecule has 0 aromatic carbocycles. The number of hydrogen-bond acceptors (Lipinski definition) is 5. The lowest BCUT2D eigenvalue weighted by Crippen LogP contribution is -2.47. The van der Waals surface area contributed by atoms with Crippen LogP contribution in [0.1, 0.15) is 64.2 Å². The van der Waals surface area contributed by atoms with Crippen LogP contribution in [0.25, 0.3) is 0 Å². The average molecular weight is 391 g/mol. The maximum absolute atomic E-state index is 12.5. The van der Waals surface area contributed by atoms with Gasteiger partial charge in [-0.3, -0.25) is 9.59 Å². The number of esters is 2. The summed E-state index contributed by atoms with van der Waals surface area (Å²) in [6, 6.07) is 0. The Morgan fingerprint density at radius 3 is 2.04 bits per heavy atom. The molecule has 0 N–H and O–H groups in total. The minimum atomic E-state index is -0.198. The molecule has 0 amide bonds. The van der Waals surface area contributed by atoms with Gasteiger partial charge in [0.05, 0.1) is 26.1 Å². The van der Waals surface area contributed by atoms with E-state index < -0.39 is 0 Å². The van der Waals surface area contributed by atoms with Crippen molar-refractivity contribution in [3.05, 3.63) is 6.92 Å². The van der Waals surface area contributed by atoms with Gasteiger partial charge in [0.15, 0.2) is 0 Å². The Morgan fingerprint density at radius 2 is 1.46 bits per heavy atom. The molecule has 1 unspecified atom stereocenters. The van der Waals surface area contributed by atoms with Gasteiger partial charge in [-0.25, -0.2) is 0 Å². The summed E-state index contributed by atoms with van der Waals surface area (Å²) in [5.41, 5.74) is 0.213. The second kappa shape index (κ2) is 8.73. The van der Waals surface area contributed by atoms with Crippen molar-refractivity contribution in [3.63, 3.8) is 0 Å². The Bertz CT molecular complexity index is 534. The smallest absolute Gasteiger partial charge is 0.307 e. The molecule has 5 rings (SSSR count). The first-order valence-corrected chi connectivity index (χ1v) is 11.4. The summed E-state index contributed by atoms with van der Waals surface area (Å²) in [5, 5.41) is 0. The third kappa shape index (κ3) is 5.08. The normalized spacial score (nSPS) is 35.1. The van der Waals surface area contributed by atoms with Gasteiger partial charge in [-0.1, -0.05) is 0 Å². The zero-order chi connectivity index (χ0) is 19.6. The lowest BCUT2D eigenvalue weighted by atomic mass is 9.49. The predicted molar refractivity (Wildman–Crippen MR) is 106 cm³/mol. The molecule has 5 heteroatoms. The number of hydrogen-bond donors (Lipinski definition) is 0. The fraction of sp³-hybridized carbons (Fsp3) is 0.870. The van der Waals surface area contributed by atoms with Crippen molar-refractivity contribution in [2.24, 2.45) is 29.1 Å². The lowest BCUT2D eigenvalue weighted by molar-refractivity contribution is -0.154. The van der Waals surface area contributed by atoms with E-state index in [1.54, 1.807) is 0 Å². The average Bonchev–Trinajstić information content (AvgIpc) is 3.15. The van der Waals surface area contributed by atoms with E-state index in [4.69, 9.17) is 9.47 Å². The first-order valence-electron chi connectivity index (χ1n) is 11.4. The molecule has 1 saturated heterocycles. The van der Waals surface area contributed by atoms with E-state index in [-0.39, 0.29) is 36.5 Å². The number of rotatable bonds is 9. The Hall–Kier alpha value is -1.10. The first-order chi connectivity index (χ1) is 13.5. The van der Waals surface area contributed by atoms with Crippen LogP contribution in [0.15, 0.2) is 0 Å². The molecule has 0 aromatic heterocycles. The summed E-state index contributed by atoms with van der Waals surface area (Å²) in [4.78, 5) is 26.6. The number of ether oxygens (including phenoxy) is 2. The molecule has 4 saturated carbocycles. The van der Waals surface area contributed by atoms with Gasteiger partial charge in [-0.15, -0.1) is 0 Å². The zero-order valence-corrected chi connectivity index (χ0v) is 17.2. The van der Waals surface area contributed by atoms with E-state index in [1.165, 1.54) is 51.4 Å². The van der Waals surface area contributed by atoms with E-state index in [2.05, 4.69) is 11.8 Å². The van der Waals surface area contributed by atoms with Crippen LogP contribution in [0.4, 0.5) is 0 Å². The van der Waals surface area contributed by atoms with E-state index in [1.807, 2.05) is 0 Å². The van der Waals surface area contributed by atoms with Crippen LogP contribution in [-0.2, 0) is 19.1 Å². The largest absolute Gasteiger partial charge is 0.465 e. The third-order valence-electron chi connectivity index (χ3n) is 7.48. The van der Waals surface area contributed by atoms with E-state index in [0.717, 1.165) is 37.4 Å². The van der Waals surface area contributed by atoms with Gasteiger partial charge in [0.2, 0.25) is 0 Å². The van der Waals surface area contributed by atoms with E-state index in [0.29, 0.717) is 12.8 Å². The molecule has 1 radical (unpaired) electrons. The molecule has 5 fully saturated rings. The first kappa shape index (κ1) is 20.2. The SMILES string of the molecule is [CH2]C(COC(=O)CCN1CCCC1)COC(=O)CC12CC3CC(CC(C3)C1)C2. The molecule has 4 bridgehead atoms. The summed E-state index contributed by atoms with van der Waals surface area (Å²) in [5.74, 6) is 2.08. The predicted octanol–water partition coefficient (Wildman–Crippen LogP) is 3.62. The van der Waals surface area contributed by atoms with Crippen molar-refractivity contribution in [2.45, 2.75) is 64.2 Å². The van der Waals surface area contributed by atoms with Crippen LogP contribution in [0.2, 0.25) is 0 Å². The molecular formula is C23H36NO4. The molecule has 0 aromatic rings. The second-order valence-electron chi connectivity index (χ2n) is 10.1. The highest BCUT2D eigenvalue weighted by atomic mass is 16.5. The summed E-state index contributed by atoms with van der Waals surface area (Å²) in [6.07, 6.45) is 11.3. The van der Waals surface area contributed by atoms with Crippen LogP contribution in [0.3, 0.4) is 0 Å². The minimum absolute atomic E-state index is 0.0871. The lowest BCUT2D eigenvalue weighted by Gasteiger charge is -2.56. The number of carbonyl (C=O) groups is 2. The quantitative estimate of drug-likeness (QED) is 0.563. The Kier molecular flexibility index (Phi) is 6.29. The third-order valence-corrected chi connectivity index (χ3v) is 7.48. The summed E-state index contributed by atoms with van der Waals surface area (Å²) in [6.45, 7) is 7.40. The fourth-order valence-corrected chi connectivity index (χ4v) is 6.66. The summed E-state index contributed by atoms with van der Waals surface area (Å²) in [7, 11) is 0. The van der Waals surface area contributed by atoms with Crippen molar-refractivity contribution in [1.82, 2.24) is 4.90 Å². The molecule has 157 valence electrons. The highest BCUT2D eigenvalue weighted by molar-refractivity contribution is 5.70. The Balaban J connectivity index is 1.11. The van der Waals surface area contributed by atoms with Crippen LogP contribution in [0, 0.1) is 36.0 Å². The van der Waals surface area contributed by atoms with E-state index >= 15 is 0 Å². The van der Waals surface area contributed by atoms with Crippen molar-refractivity contribution < 1.29 is 19.1 Å². The highest BCUT2D eigenvalue weighted by Crippen LogP contribution is 2.61. The zero-order valence-electron chi connectivity index (χ0n) is 17.2. The van der Waals surface area contributed by atoms with Crippen molar-refractivity contribution >= 4 is 11.9 Å². The Morgan fingerprint density at radius 1 is 0.929 bits per heavy atom. The molecule has 1 atom stereocenters. The maximum Gasteiger partial charge on any atom is 0.307 e. The molecule has 5 aliphatic rings. The molecule has 28 heavy (non-hydrogen) atoms. The number of likely N-dealkylation sites (tertiary alicyclic amines) is 1. The second-order valence-corrected chi connectivity index (χ2v) is 10.1. The summed E-state index contributed by atoms with van der Waals surface area (Å²) < 4.78 is 10.8. The van der Waals surface area contributed by atoms with Gasteiger partial charge in [-0.2, -0.15) is 0 Å². The summed E-state index contributed by atoms with van der Waals surface area (Å²) >= 11 is 0. The fourth-order valence-electron chi connectivity index (χ4n) is 6.66. The molecule has 0 spiro atoms. The van der Waals surface area contributed by atoms with Crippen LogP contribution < -0.4 is 0 Å². The monoisotopic (exact) mass is 390 g/mol. The number of nitrogens with zero attached hydrogens (tertiary/aromatic N) is 1. The van der Waals surface area contributed by atoms with Gasteiger partial charge in [0, 0.05) is 12.5 Å². The van der Waals surface area contributed by atoms with Crippen LogP contribution >= 0.6 is 0 Å². The highest BCUT2D eigenvalue weighted by Gasteiger charge is 2.51. The minimum Gasteiger partial charge on any atom is -0.465 e. The molecule has 1 heterocycles. The van der Waals surface area contributed by atoms with Crippen molar-refractivity contribution in [1.29, 1.82) is 0 Å². The number of carbonyl (C=O) groups excluding carboxylic acids is 2. The molecule has 1 aliphatic heterocycles. The van der Waals surface area contributed by atoms with Gasteiger partial charge in [0.25, 0.3) is 0 Å². The standard InChI is InChI=1S/C23H36NO4/c1-17(15-27-21(25)4-7-24-5-2-3-6-24)16-28-22(26)14-23-11-18-8-19(12-23)10-20(9-18)13-23/h17-20H,1-16H2. The van der Waals surface area contributed by atoms with Crippen molar-refractivity contribution in [2.75, 3.05) is 32.8 Å². The topological polar surface area (TPSA) is 55.8 Å². The molecular weight excluding hydrogens is 354 g/mol. The van der Waals surface area contributed by atoms with Crippen LogP contribution in [0.5, 0.6) is 0 Å². The van der Waals surface area contributed by atoms with Gasteiger partial charge >= 0.3 is 11.9 Å². The Labute approximate surface area is 169 Å². The molecule has 5 nitrogen and oxygen atoms in total. The van der Waals surface area contributed by atoms with Gasteiger partial charge in [0.1, 0.15) is 0 Å². The molecule has 4 aliphatic carbocycles. The van der Waals surface area contributed by atoms with Gasteiger partial charge < -0.3 is 14.4 Å². The van der Waals surface area contributed by atoms with Crippen molar-refractivity contribution in [3.8, 4) is 0 Å². The van der Waals surface area contributed by atoms with E-state index in [9.17, 15) is 9.59 Å². The maximum atomic E-state index is 12.5.